The highest BCUT2D eigenvalue weighted by Crippen LogP contribution is 2.13. The molecule has 0 aromatic carbocycles. The molecule has 16 heavy (non-hydrogen) atoms. The summed E-state index contributed by atoms with van der Waals surface area (Å²) >= 11 is 0. The van der Waals surface area contributed by atoms with E-state index in [9.17, 15) is 22.8 Å². The molecule has 6 nitrogen and oxygen atoms in total. The van der Waals surface area contributed by atoms with E-state index in [0.717, 1.165) is 12.1 Å². The summed E-state index contributed by atoms with van der Waals surface area (Å²) in [6.45, 7) is -1.61. The van der Waals surface area contributed by atoms with Crippen LogP contribution in [0, 0.1) is 0 Å². The Bertz CT molecular complexity index is 408. The van der Waals surface area contributed by atoms with Gasteiger partial charge in [0.25, 0.3) is 11.5 Å². The molecule has 0 spiro atoms. The van der Waals surface area contributed by atoms with Crippen LogP contribution >= 0.6 is 0 Å². The first-order valence-corrected chi connectivity index (χ1v) is 3.93. The standard InChI is InChI=1S/C7H6F3N3O3/c8-7(9,10)3-16-13-6(15)4-1-2-5(14)12-11-4/h1-2H,3H2,(H,12,14)(H,13,15). The highest BCUT2D eigenvalue weighted by molar-refractivity contribution is 5.91. The third kappa shape index (κ3) is 4.09. The number of halogens is 3. The summed E-state index contributed by atoms with van der Waals surface area (Å²) < 4.78 is 34.9. The van der Waals surface area contributed by atoms with Crippen molar-refractivity contribution in [3.63, 3.8) is 0 Å². The summed E-state index contributed by atoms with van der Waals surface area (Å²) in [5.41, 5.74) is 0.735. The van der Waals surface area contributed by atoms with Gasteiger partial charge in [-0.15, -0.1) is 0 Å². The molecule has 9 heteroatoms. The molecule has 0 aliphatic carbocycles. The van der Waals surface area contributed by atoms with Crippen molar-refractivity contribution in [3.8, 4) is 0 Å². The zero-order chi connectivity index (χ0) is 12.2. The van der Waals surface area contributed by atoms with Gasteiger partial charge in [0.2, 0.25) is 0 Å². The third-order valence-electron chi connectivity index (χ3n) is 1.31. The van der Waals surface area contributed by atoms with Crippen molar-refractivity contribution in [3.05, 3.63) is 28.2 Å². The summed E-state index contributed by atoms with van der Waals surface area (Å²) in [6.07, 6.45) is -4.54. The Hall–Kier alpha value is -1.90. The lowest BCUT2D eigenvalue weighted by Gasteiger charge is -2.07. The second kappa shape index (κ2) is 4.75. The number of rotatable bonds is 3. The predicted molar refractivity (Wildman–Crippen MR) is 44.3 cm³/mol. The van der Waals surface area contributed by atoms with Crippen LogP contribution in [0.15, 0.2) is 16.9 Å². The smallest absolute Gasteiger partial charge is 0.268 e. The van der Waals surface area contributed by atoms with Gasteiger partial charge in [0.1, 0.15) is 0 Å². The summed E-state index contributed by atoms with van der Waals surface area (Å²) in [5, 5.41) is 5.23. The van der Waals surface area contributed by atoms with Crippen molar-refractivity contribution < 1.29 is 22.8 Å². The van der Waals surface area contributed by atoms with Crippen molar-refractivity contribution in [1.82, 2.24) is 15.7 Å². The fourth-order valence-electron chi connectivity index (χ4n) is 0.707. The summed E-state index contributed by atoms with van der Waals surface area (Å²) in [7, 11) is 0. The van der Waals surface area contributed by atoms with E-state index in [1.54, 1.807) is 0 Å². The van der Waals surface area contributed by atoms with Gasteiger partial charge >= 0.3 is 6.18 Å². The lowest BCUT2D eigenvalue weighted by atomic mass is 10.4. The number of hydrogen-bond donors (Lipinski definition) is 2. The second-order valence-electron chi connectivity index (χ2n) is 2.64. The van der Waals surface area contributed by atoms with Gasteiger partial charge < -0.3 is 0 Å². The fourth-order valence-corrected chi connectivity index (χ4v) is 0.707. The average Bonchev–Trinajstić information content (AvgIpc) is 2.16. The van der Waals surface area contributed by atoms with Crippen LogP contribution in [-0.2, 0) is 4.84 Å². The highest BCUT2D eigenvalue weighted by Gasteiger charge is 2.28. The second-order valence-corrected chi connectivity index (χ2v) is 2.64. The quantitative estimate of drug-likeness (QED) is 0.724. The Labute approximate surface area is 86.4 Å². The Balaban J connectivity index is 2.47. The summed E-state index contributed by atoms with van der Waals surface area (Å²) in [4.78, 5) is 25.5. The van der Waals surface area contributed by atoms with E-state index in [1.807, 2.05) is 5.10 Å². The Morgan fingerprint density at radius 3 is 2.69 bits per heavy atom. The number of hydroxylamine groups is 1. The molecular weight excluding hydrogens is 231 g/mol. The third-order valence-corrected chi connectivity index (χ3v) is 1.31. The minimum Gasteiger partial charge on any atom is -0.268 e. The van der Waals surface area contributed by atoms with Gasteiger partial charge in [0.05, 0.1) is 0 Å². The number of carbonyl (C=O) groups excluding carboxylic acids is 1. The van der Waals surface area contributed by atoms with Crippen LogP contribution in [-0.4, -0.2) is 28.9 Å². The van der Waals surface area contributed by atoms with Gasteiger partial charge in [-0.05, 0) is 6.07 Å². The molecule has 0 saturated carbocycles. The van der Waals surface area contributed by atoms with Crippen LogP contribution < -0.4 is 11.0 Å². The number of hydrogen-bond acceptors (Lipinski definition) is 4. The number of H-pyrrole nitrogens is 1. The van der Waals surface area contributed by atoms with Gasteiger partial charge in [-0.25, -0.2) is 10.6 Å². The zero-order valence-electron chi connectivity index (χ0n) is 7.67. The number of aromatic amines is 1. The van der Waals surface area contributed by atoms with E-state index in [2.05, 4.69) is 9.94 Å². The van der Waals surface area contributed by atoms with E-state index >= 15 is 0 Å². The molecule has 1 amide bonds. The molecule has 1 heterocycles. The topological polar surface area (TPSA) is 84.1 Å². The molecule has 88 valence electrons. The van der Waals surface area contributed by atoms with Crippen LogP contribution in [0.5, 0.6) is 0 Å². The molecule has 0 aliphatic heterocycles. The van der Waals surface area contributed by atoms with E-state index in [-0.39, 0.29) is 5.69 Å². The normalized spacial score (nSPS) is 11.2. The average molecular weight is 237 g/mol. The number of nitrogens with one attached hydrogen (secondary N) is 2. The van der Waals surface area contributed by atoms with Crippen molar-refractivity contribution in [1.29, 1.82) is 0 Å². The minimum absolute atomic E-state index is 0.262. The monoisotopic (exact) mass is 237 g/mol. The van der Waals surface area contributed by atoms with Crippen molar-refractivity contribution in [2.75, 3.05) is 6.61 Å². The van der Waals surface area contributed by atoms with Crippen LogP contribution in [0.2, 0.25) is 0 Å². The first kappa shape index (κ1) is 12.2. The maximum atomic E-state index is 11.6. The summed E-state index contributed by atoms with van der Waals surface area (Å²) in [6, 6.07) is 2.05. The molecular formula is C7H6F3N3O3. The van der Waals surface area contributed by atoms with E-state index in [4.69, 9.17) is 0 Å². The molecule has 1 rings (SSSR count). The van der Waals surface area contributed by atoms with Gasteiger partial charge in [-0.3, -0.25) is 14.4 Å². The summed E-state index contributed by atoms with van der Waals surface area (Å²) in [5.74, 6) is -0.986. The Morgan fingerprint density at radius 2 is 2.19 bits per heavy atom. The maximum Gasteiger partial charge on any atom is 0.414 e. The van der Waals surface area contributed by atoms with Gasteiger partial charge in [-0.1, -0.05) is 0 Å². The van der Waals surface area contributed by atoms with Gasteiger partial charge in [-0.2, -0.15) is 18.3 Å². The fraction of sp³-hybridized carbons (Fsp3) is 0.286. The minimum atomic E-state index is -4.54. The number of alkyl halides is 3. The van der Waals surface area contributed by atoms with Crippen molar-refractivity contribution in [2.24, 2.45) is 0 Å². The van der Waals surface area contributed by atoms with Gasteiger partial charge in [0, 0.05) is 6.07 Å². The molecule has 2 N–H and O–H groups in total. The molecule has 0 bridgehead atoms. The Kier molecular flexibility index (Phi) is 3.61. The number of nitrogens with zero attached hydrogens (tertiary/aromatic N) is 1. The maximum absolute atomic E-state index is 11.6. The lowest BCUT2D eigenvalue weighted by Crippen LogP contribution is -2.30. The first-order valence-electron chi connectivity index (χ1n) is 3.93. The molecule has 1 aromatic heterocycles. The van der Waals surface area contributed by atoms with E-state index < -0.39 is 24.2 Å². The molecule has 1 aromatic rings. The zero-order valence-corrected chi connectivity index (χ0v) is 7.67. The number of aromatic nitrogens is 2. The van der Waals surface area contributed by atoms with Crippen LogP contribution in [0.3, 0.4) is 0 Å². The van der Waals surface area contributed by atoms with Crippen molar-refractivity contribution in [2.45, 2.75) is 6.18 Å². The van der Waals surface area contributed by atoms with Crippen LogP contribution in [0.4, 0.5) is 13.2 Å². The predicted octanol–water partition coefficient (Wildman–Crippen LogP) is -0.00640. The molecule has 0 unspecified atom stereocenters. The SMILES string of the molecule is O=C(NOCC(F)(F)F)c1ccc(=O)[nH]n1. The lowest BCUT2D eigenvalue weighted by molar-refractivity contribution is -0.184. The largest absolute Gasteiger partial charge is 0.414 e. The van der Waals surface area contributed by atoms with Gasteiger partial charge in [0.15, 0.2) is 12.3 Å². The molecule has 0 aliphatic rings. The Morgan fingerprint density at radius 1 is 1.50 bits per heavy atom. The van der Waals surface area contributed by atoms with E-state index in [1.165, 1.54) is 5.48 Å². The molecule has 0 fully saturated rings. The molecule has 0 radical (unpaired) electrons. The number of carbonyl (C=O) groups is 1. The highest BCUT2D eigenvalue weighted by atomic mass is 19.4. The first-order chi connectivity index (χ1) is 7.38. The van der Waals surface area contributed by atoms with Crippen LogP contribution in [0.1, 0.15) is 10.5 Å². The number of amides is 1. The van der Waals surface area contributed by atoms with Crippen LogP contribution in [0.25, 0.3) is 0 Å². The van der Waals surface area contributed by atoms with E-state index in [0.29, 0.717) is 0 Å². The molecule has 0 atom stereocenters. The van der Waals surface area contributed by atoms with Crippen molar-refractivity contribution >= 4 is 5.91 Å². The molecule has 0 saturated heterocycles.